The third-order valence-corrected chi connectivity index (χ3v) is 18.0. The molecule has 5 N–H and O–H groups in total. The highest BCUT2D eigenvalue weighted by Gasteiger charge is 2.07. The van der Waals surface area contributed by atoms with Crippen LogP contribution in [0.15, 0.2) is 449 Å². The van der Waals surface area contributed by atoms with Crippen molar-refractivity contribution in [1.82, 2.24) is 0 Å². The molecule has 105 heavy (non-hydrogen) atoms. The fraction of sp³-hybridized carbons (Fsp3) is 0. The third kappa shape index (κ3) is 18.9. The summed E-state index contributed by atoms with van der Waals surface area (Å²) in [6.45, 7) is 0. The van der Waals surface area contributed by atoms with E-state index in [9.17, 15) is 0 Å². The zero-order valence-corrected chi connectivity index (χ0v) is 58.2. The van der Waals surface area contributed by atoms with Crippen LogP contribution in [0.1, 0.15) is 0 Å². The largest absolute Gasteiger partial charge is 0.356 e. The van der Waals surface area contributed by atoms with Gasteiger partial charge in [0.25, 0.3) is 0 Å². The molecule has 0 aromatic heterocycles. The van der Waals surface area contributed by atoms with Crippen molar-refractivity contribution < 1.29 is 0 Å². The summed E-state index contributed by atoms with van der Waals surface area (Å²) in [7, 11) is 0. The van der Waals surface area contributed by atoms with Gasteiger partial charge < -0.3 is 26.6 Å². The van der Waals surface area contributed by atoms with Crippen molar-refractivity contribution in [3.05, 3.63) is 449 Å². The molecule has 18 aromatic carbocycles. The van der Waals surface area contributed by atoms with Crippen molar-refractivity contribution >= 4 is 100.0 Å². The van der Waals surface area contributed by atoms with Crippen LogP contribution < -0.4 is 26.6 Å². The summed E-state index contributed by atoms with van der Waals surface area (Å²) >= 11 is 0. The summed E-state index contributed by atoms with van der Waals surface area (Å²) in [6.07, 6.45) is 0. The average molecular weight is 1350 g/mol. The van der Waals surface area contributed by atoms with E-state index in [0.29, 0.717) is 0 Å². The molecule has 5 nitrogen and oxygen atoms in total. The molecule has 0 bridgehead atoms. The van der Waals surface area contributed by atoms with Gasteiger partial charge in [-0.1, -0.05) is 340 Å². The molecule has 0 radical (unpaired) electrons. The highest BCUT2D eigenvalue weighted by atomic mass is 14.9. The molecule has 0 spiro atoms. The quantitative estimate of drug-likeness (QED) is 0.0751. The second kappa shape index (κ2) is 34.9. The van der Waals surface area contributed by atoms with Crippen LogP contribution in [0.25, 0.3) is 87.6 Å². The lowest BCUT2D eigenvalue weighted by atomic mass is 10.0. The SMILES string of the molecule is c1ccc(-c2ccc(Nc3ccc(-c4ccccc4)cc3)cc2)cc1.c1ccc(-c2ccc(Nc3ccc4ccccc4c3)cc2)cc1.c1ccc(-c2ccc(Nc3cccc4ccccc34)cc2)cc1.c1ccc(Nc2ccc3ccccc3c2)cc1.c1ccc(Nc2cccc3ccccc23)cc1. The summed E-state index contributed by atoms with van der Waals surface area (Å²) in [5.41, 5.74) is 21.0. The smallest absolute Gasteiger partial charge is 0.0463 e. The van der Waals surface area contributed by atoms with Crippen LogP contribution in [-0.2, 0) is 0 Å². The van der Waals surface area contributed by atoms with Gasteiger partial charge in [0.2, 0.25) is 0 Å². The first kappa shape index (κ1) is 68.1. The Labute approximate surface area is 616 Å². The van der Waals surface area contributed by atoms with Crippen LogP contribution in [0.4, 0.5) is 56.9 Å². The number of benzene rings is 18. The van der Waals surface area contributed by atoms with Gasteiger partial charge >= 0.3 is 0 Å². The molecule has 0 saturated heterocycles. The molecule has 0 fully saturated rings. The van der Waals surface area contributed by atoms with Crippen LogP contribution in [0.5, 0.6) is 0 Å². The van der Waals surface area contributed by atoms with Crippen molar-refractivity contribution in [3.63, 3.8) is 0 Å². The maximum atomic E-state index is 3.53. The zero-order valence-electron chi connectivity index (χ0n) is 58.2. The Morgan fingerprint density at radius 2 is 0.324 bits per heavy atom. The van der Waals surface area contributed by atoms with Gasteiger partial charge in [-0.25, -0.2) is 0 Å². The van der Waals surface area contributed by atoms with Crippen LogP contribution in [0.2, 0.25) is 0 Å². The Morgan fingerprint density at radius 1 is 0.114 bits per heavy atom. The molecular formula is C100H79N5. The van der Waals surface area contributed by atoms with Gasteiger partial charge in [0.15, 0.2) is 0 Å². The summed E-state index contributed by atoms with van der Waals surface area (Å²) in [4.78, 5) is 0. The molecule has 0 aliphatic carbocycles. The summed E-state index contributed by atoms with van der Waals surface area (Å²) in [5.74, 6) is 0. The number of hydrogen-bond donors (Lipinski definition) is 5. The fourth-order valence-electron chi connectivity index (χ4n) is 12.6. The highest BCUT2D eigenvalue weighted by molar-refractivity contribution is 5.97. The number of fused-ring (bicyclic) bond motifs is 4. The molecule has 18 aromatic rings. The van der Waals surface area contributed by atoms with Gasteiger partial charge in [0.05, 0.1) is 0 Å². The van der Waals surface area contributed by atoms with Crippen LogP contribution in [0, 0.1) is 0 Å². The van der Waals surface area contributed by atoms with Crippen LogP contribution >= 0.6 is 0 Å². The van der Waals surface area contributed by atoms with E-state index in [4.69, 9.17) is 0 Å². The molecule has 0 atom stereocenters. The van der Waals surface area contributed by atoms with Gasteiger partial charge in [-0.2, -0.15) is 0 Å². The Morgan fingerprint density at radius 3 is 0.648 bits per heavy atom. The molecule has 0 aliphatic heterocycles. The minimum absolute atomic E-state index is 1.09. The predicted octanol–water partition coefficient (Wildman–Crippen LogP) is 28.4. The molecule has 0 saturated carbocycles. The predicted molar refractivity (Wildman–Crippen MR) is 453 cm³/mol. The van der Waals surface area contributed by atoms with Crippen molar-refractivity contribution in [2.45, 2.75) is 0 Å². The summed E-state index contributed by atoms with van der Waals surface area (Å²) in [6, 6.07) is 156. The first-order valence-corrected chi connectivity index (χ1v) is 35.5. The average Bonchev–Trinajstić information content (AvgIpc) is 0.832. The van der Waals surface area contributed by atoms with Gasteiger partial charge in [-0.05, 0) is 186 Å². The number of anilines is 10. The van der Waals surface area contributed by atoms with E-state index >= 15 is 0 Å². The van der Waals surface area contributed by atoms with Gasteiger partial charge in [0.1, 0.15) is 0 Å². The van der Waals surface area contributed by atoms with Crippen molar-refractivity contribution in [3.8, 4) is 44.5 Å². The van der Waals surface area contributed by atoms with Gasteiger partial charge in [-0.3, -0.25) is 0 Å². The number of rotatable bonds is 14. The van der Waals surface area contributed by atoms with Crippen LogP contribution in [-0.4, -0.2) is 0 Å². The first-order valence-electron chi connectivity index (χ1n) is 35.5. The van der Waals surface area contributed by atoms with E-state index in [1.54, 1.807) is 0 Å². The number of para-hydroxylation sites is 2. The maximum Gasteiger partial charge on any atom is 0.0463 e. The number of hydrogen-bond acceptors (Lipinski definition) is 5. The fourth-order valence-corrected chi connectivity index (χ4v) is 12.6. The molecule has 0 heterocycles. The molecule has 504 valence electrons. The van der Waals surface area contributed by atoms with E-state index < -0.39 is 0 Å². The lowest BCUT2D eigenvalue weighted by Crippen LogP contribution is -1.91. The Hall–Kier alpha value is -14.0. The van der Waals surface area contributed by atoms with E-state index in [2.05, 4.69) is 415 Å². The molecule has 18 rings (SSSR count). The Kier molecular flexibility index (Phi) is 22.6. The first-order chi connectivity index (χ1) is 52.0. The van der Waals surface area contributed by atoms with Crippen molar-refractivity contribution in [1.29, 1.82) is 0 Å². The molecular weight excluding hydrogens is 1270 g/mol. The van der Waals surface area contributed by atoms with E-state index in [-0.39, 0.29) is 0 Å². The Balaban J connectivity index is 0.000000111. The molecule has 5 heteroatoms. The lowest BCUT2D eigenvalue weighted by Gasteiger charge is -2.10. The zero-order chi connectivity index (χ0) is 70.9. The second-order valence-corrected chi connectivity index (χ2v) is 25.3. The van der Waals surface area contributed by atoms with Gasteiger partial charge in [0, 0.05) is 67.6 Å². The summed E-state index contributed by atoms with van der Waals surface area (Å²) < 4.78 is 0. The second-order valence-electron chi connectivity index (χ2n) is 25.3. The Bertz CT molecular complexity index is 5580. The highest BCUT2D eigenvalue weighted by Crippen LogP contribution is 2.32. The molecule has 0 unspecified atom stereocenters. The number of nitrogens with one attached hydrogen (secondary N) is 5. The summed E-state index contributed by atoms with van der Waals surface area (Å²) in [5, 5.41) is 27.3. The van der Waals surface area contributed by atoms with Crippen molar-refractivity contribution in [2.24, 2.45) is 0 Å². The maximum absolute atomic E-state index is 3.53. The van der Waals surface area contributed by atoms with Crippen molar-refractivity contribution in [2.75, 3.05) is 26.6 Å². The molecule has 0 amide bonds. The third-order valence-electron chi connectivity index (χ3n) is 18.0. The van der Waals surface area contributed by atoms with E-state index in [0.717, 1.165) is 56.9 Å². The molecule has 0 aliphatic rings. The topological polar surface area (TPSA) is 60.1 Å². The van der Waals surface area contributed by atoms with Crippen LogP contribution in [0.3, 0.4) is 0 Å². The monoisotopic (exact) mass is 1350 g/mol. The van der Waals surface area contributed by atoms with E-state index in [1.165, 1.54) is 87.6 Å². The van der Waals surface area contributed by atoms with Gasteiger partial charge in [-0.15, -0.1) is 0 Å². The normalized spacial score (nSPS) is 10.5. The minimum atomic E-state index is 1.09. The minimum Gasteiger partial charge on any atom is -0.356 e. The van der Waals surface area contributed by atoms with E-state index in [1.807, 2.05) is 60.7 Å². The standard InChI is InChI=1S/C24H19N.2C22H17N.2C16H13N/c1-3-7-19(8-4-1)21-11-15-23(16-12-21)25-24-17-13-22(14-18-24)20-9-5-2-6-10-20;1-2-7-17(8-3-1)18-13-15-20(16-14-18)23-22-12-6-10-19-9-4-5-11-21(19)22;1-2-6-17(7-3-1)19-10-13-21(14-11-19)23-22-15-12-18-8-4-5-9-20(18)16-22;1-2-9-14(10-3-1)17-16-12-6-8-13-7-4-5-11-15(13)16;1-2-8-15(9-3-1)17-16-11-10-13-6-4-5-7-14(13)12-16/h1-18,25H;2*1-16,23H;2*1-12,17H. The lowest BCUT2D eigenvalue weighted by molar-refractivity contribution is 1.53.